The van der Waals surface area contributed by atoms with E-state index in [1.807, 2.05) is 0 Å². The van der Waals surface area contributed by atoms with Crippen molar-refractivity contribution in [1.82, 2.24) is 0 Å². The maximum absolute atomic E-state index is 3.76. The number of fused-ring (bicyclic) bond motifs is 6. The Morgan fingerprint density at radius 3 is 1.53 bits per heavy atom. The van der Waals surface area contributed by atoms with E-state index in [1.165, 1.54) is 59.8 Å². The highest BCUT2D eigenvalue weighted by Gasteiger charge is 2.27. The number of rotatable bonds is 3. The van der Waals surface area contributed by atoms with Crippen LogP contribution in [0.3, 0.4) is 0 Å². The van der Waals surface area contributed by atoms with Crippen molar-refractivity contribution in [3.63, 3.8) is 0 Å². The summed E-state index contributed by atoms with van der Waals surface area (Å²) >= 11 is 7.50. The van der Waals surface area contributed by atoms with Crippen LogP contribution in [0.4, 0.5) is 0 Å². The third kappa shape index (κ3) is 3.94. The smallest absolute Gasteiger partial charge is 0.0656 e. The lowest BCUT2D eigenvalue weighted by Gasteiger charge is -2.27. The average molecular weight is 610 g/mol. The van der Waals surface area contributed by atoms with Gasteiger partial charge < -0.3 is 0 Å². The highest BCUT2D eigenvalue weighted by molar-refractivity contribution is 9.10. The molecule has 0 fully saturated rings. The first-order valence-electron chi connectivity index (χ1n) is 12.3. The first-order chi connectivity index (χ1) is 17.3. The topological polar surface area (TPSA) is 0 Å². The SMILES string of the molecule is C[Si](C)(C)c1cc(-c2ccccc2)c2c3ccc(Br)cc3c3cc(Br)ccc3c2c1-c1ccccc1. The minimum Gasteiger partial charge on any atom is -0.0656 e. The Kier molecular flexibility index (Phi) is 5.91. The Hall–Kier alpha value is -2.72. The Bertz CT molecular complexity index is 1770. The van der Waals surface area contributed by atoms with Gasteiger partial charge in [0.1, 0.15) is 0 Å². The van der Waals surface area contributed by atoms with Gasteiger partial charge in [0.2, 0.25) is 0 Å². The number of benzene rings is 6. The van der Waals surface area contributed by atoms with Gasteiger partial charge in [0, 0.05) is 8.95 Å². The number of halogens is 2. The second-order valence-electron chi connectivity index (χ2n) is 10.5. The van der Waals surface area contributed by atoms with Gasteiger partial charge >= 0.3 is 0 Å². The van der Waals surface area contributed by atoms with Gasteiger partial charge in [-0.1, -0.05) is 136 Å². The molecule has 0 unspecified atom stereocenters. The lowest BCUT2D eigenvalue weighted by atomic mass is 9.85. The maximum Gasteiger partial charge on any atom is 0.0784 e. The van der Waals surface area contributed by atoms with Crippen LogP contribution in [0.1, 0.15) is 0 Å². The fraction of sp³-hybridized carbons (Fsp3) is 0.0909. The van der Waals surface area contributed by atoms with Crippen LogP contribution in [-0.4, -0.2) is 8.07 Å². The molecule has 0 nitrogen and oxygen atoms in total. The molecule has 3 heteroatoms. The summed E-state index contributed by atoms with van der Waals surface area (Å²) in [6.07, 6.45) is 0. The van der Waals surface area contributed by atoms with E-state index in [2.05, 4.69) is 155 Å². The van der Waals surface area contributed by atoms with Crippen LogP contribution in [0.5, 0.6) is 0 Å². The van der Waals surface area contributed by atoms with Crippen molar-refractivity contribution in [2.75, 3.05) is 0 Å². The van der Waals surface area contributed by atoms with E-state index in [9.17, 15) is 0 Å². The van der Waals surface area contributed by atoms with Crippen LogP contribution in [0, 0.1) is 0 Å². The second kappa shape index (κ2) is 8.99. The normalized spacial score (nSPS) is 12.0. The zero-order valence-electron chi connectivity index (χ0n) is 20.6. The quantitative estimate of drug-likeness (QED) is 0.138. The van der Waals surface area contributed by atoms with E-state index in [0.29, 0.717) is 0 Å². The molecular formula is C33H26Br2Si. The Balaban J connectivity index is 1.99. The first kappa shape index (κ1) is 23.7. The number of hydrogen-bond donors (Lipinski definition) is 0. The first-order valence-corrected chi connectivity index (χ1v) is 17.3. The van der Waals surface area contributed by atoms with Crippen molar-refractivity contribution in [2.24, 2.45) is 0 Å². The minimum atomic E-state index is -1.73. The molecule has 0 aliphatic rings. The molecule has 0 heterocycles. The van der Waals surface area contributed by atoms with Crippen molar-refractivity contribution in [1.29, 1.82) is 0 Å². The van der Waals surface area contributed by atoms with Gasteiger partial charge in [0.05, 0.1) is 8.07 Å². The number of hydrogen-bond acceptors (Lipinski definition) is 0. The van der Waals surface area contributed by atoms with Gasteiger partial charge in [0.15, 0.2) is 0 Å². The molecule has 0 aliphatic carbocycles. The third-order valence-corrected chi connectivity index (χ3v) is 10.1. The molecule has 0 saturated heterocycles. The van der Waals surface area contributed by atoms with E-state index in [1.54, 1.807) is 0 Å². The van der Waals surface area contributed by atoms with Gasteiger partial charge in [-0.15, -0.1) is 0 Å². The molecule has 0 saturated carbocycles. The summed E-state index contributed by atoms with van der Waals surface area (Å²) < 4.78 is 2.19. The molecule has 0 radical (unpaired) electrons. The lowest BCUT2D eigenvalue weighted by molar-refractivity contribution is 1.63. The highest BCUT2D eigenvalue weighted by atomic mass is 79.9. The molecule has 0 N–H and O–H groups in total. The molecule has 6 rings (SSSR count). The molecule has 0 amide bonds. The van der Waals surface area contributed by atoms with Crippen LogP contribution in [0.2, 0.25) is 19.6 Å². The summed E-state index contributed by atoms with van der Waals surface area (Å²) in [4.78, 5) is 0. The largest absolute Gasteiger partial charge is 0.0784 e. The van der Waals surface area contributed by atoms with Crippen LogP contribution in [-0.2, 0) is 0 Å². The van der Waals surface area contributed by atoms with Gasteiger partial charge in [-0.25, -0.2) is 0 Å². The van der Waals surface area contributed by atoms with E-state index in [4.69, 9.17) is 0 Å². The average Bonchev–Trinajstić information content (AvgIpc) is 2.88. The molecule has 0 spiro atoms. The van der Waals surface area contributed by atoms with Gasteiger partial charge in [-0.3, -0.25) is 0 Å². The summed E-state index contributed by atoms with van der Waals surface area (Å²) in [5.41, 5.74) is 5.27. The van der Waals surface area contributed by atoms with E-state index >= 15 is 0 Å². The predicted octanol–water partition coefficient (Wildman–Crippen LogP) is 10.6. The standard InChI is InChI=1S/C33H26Br2Si/c1-36(2,3)30-20-27(21-10-6-4-7-11-21)32-25-16-14-23(34)18-28(25)29-19-24(35)15-17-26(29)33(32)31(30)22-12-8-5-9-13-22/h4-20H,1-3H3. The van der Waals surface area contributed by atoms with Crippen molar-refractivity contribution in [3.05, 3.63) is 112 Å². The summed E-state index contributed by atoms with van der Waals surface area (Å²) in [6.45, 7) is 7.39. The molecule has 0 aromatic heterocycles. The third-order valence-electron chi connectivity index (χ3n) is 7.07. The Morgan fingerprint density at radius 1 is 0.500 bits per heavy atom. The van der Waals surface area contributed by atoms with Crippen molar-refractivity contribution in [3.8, 4) is 22.3 Å². The molecule has 0 bridgehead atoms. The summed E-state index contributed by atoms with van der Waals surface area (Å²) in [5.74, 6) is 0. The summed E-state index contributed by atoms with van der Waals surface area (Å²) in [7, 11) is -1.73. The Morgan fingerprint density at radius 2 is 1.00 bits per heavy atom. The molecule has 6 aromatic carbocycles. The molecule has 36 heavy (non-hydrogen) atoms. The molecular weight excluding hydrogens is 584 g/mol. The lowest BCUT2D eigenvalue weighted by Crippen LogP contribution is -2.39. The zero-order valence-corrected chi connectivity index (χ0v) is 24.7. The van der Waals surface area contributed by atoms with Crippen molar-refractivity contribution >= 4 is 77.4 Å². The van der Waals surface area contributed by atoms with Crippen LogP contribution in [0.15, 0.2) is 112 Å². The monoisotopic (exact) mass is 608 g/mol. The fourth-order valence-electron chi connectivity index (χ4n) is 5.49. The van der Waals surface area contributed by atoms with Crippen LogP contribution >= 0.6 is 31.9 Å². The second-order valence-corrected chi connectivity index (χ2v) is 17.3. The maximum atomic E-state index is 3.76. The summed E-state index contributed by atoms with van der Waals surface area (Å²) in [5, 5.41) is 9.33. The molecule has 6 aromatic rings. The van der Waals surface area contributed by atoms with Gasteiger partial charge in [-0.2, -0.15) is 0 Å². The molecule has 0 aliphatic heterocycles. The van der Waals surface area contributed by atoms with Crippen molar-refractivity contribution in [2.45, 2.75) is 19.6 Å². The zero-order chi connectivity index (χ0) is 25.0. The van der Waals surface area contributed by atoms with Gasteiger partial charge in [0.25, 0.3) is 0 Å². The molecule has 176 valence electrons. The van der Waals surface area contributed by atoms with E-state index < -0.39 is 8.07 Å². The minimum absolute atomic E-state index is 1.10. The van der Waals surface area contributed by atoms with E-state index in [-0.39, 0.29) is 0 Å². The highest BCUT2D eigenvalue weighted by Crippen LogP contribution is 2.45. The van der Waals surface area contributed by atoms with E-state index in [0.717, 1.165) is 8.95 Å². The molecule has 0 atom stereocenters. The van der Waals surface area contributed by atoms with Gasteiger partial charge in [-0.05, 0) is 78.8 Å². The predicted molar refractivity (Wildman–Crippen MR) is 168 cm³/mol. The van der Waals surface area contributed by atoms with Crippen molar-refractivity contribution < 1.29 is 0 Å². The Labute approximate surface area is 230 Å². The van der Waals surface area contributed by atoms with Crippen LogP contribution in [0.25, 0.3) is 54.6 Å². The fourth-order valence-corrected chi connectivity index (χ4v) is 7.81. The summed E-state index contributed by atoms with van der Waals surface area (Å²) in [6, 6.07) is 37.9. The van der Waals surface area contributed by atoms with Crippen LogP contribution < -0.4 is 5.19 Å².